The fourth-order valence-electron chi connectivity index (χ4n) is 5.90. The second kappa shape index (κ2) is 15.8. The summed E-state index contributed by atoms with van der Waals surface area (Å²) in [6.07, 6.45) is 6.18. The summed E-state index contributed by atoms with van der Waals surface area (Å²) in [5.74, 6) is 0.751. The molecule has 0 radical (unpaired) electrons. The summed E-state index contributed by atoms with van der Waals surface area (Å²) in [5.41, 5.74) is 5.30. The number of fused-ring (bicyclic) bond motifs is 1. The first-order valence-electron chi connectivity index (χ1n) is 16.4. The van der Waals surface area contributed by atoms with Crippen LogP contribution in [0.2, 0.25) is 0 Å². The molecule has 6 rings (SSSR count). The molecule has 2 fully saturated rings. The van der Waals surface area contributed by atoms with E-state index >= 15 is 0 Å². The van der Waals surface area contributed by atoms with Gasteiger partial charge in [0.1, 0.15) is 4.83 Å². The fraction of sp³-hybridized carbons (Fsp3) is 0.444. The van der Waals surface area contributed by atoms with Gasteiger partial charge in [0.25, 0.3) is 0 Å². The summed E-state index contributed by atoms with van der Waals surface area (Å²) >= 11 is 1.66. The van der Waals surface area contributed by atoms with Crippen molar-refractivity contribution in [3.63, 3.8) is 0 Å². The minimum absolute atomic E-state index is 0.751. The lowest BCUT2D eigenvalue weighted by molar-refractivity contribution is 0.153. The van der Waals surface area contributed by atoms with Gasteiger partial charge in [0.2, 0.25) is 0 Å². The van der Waals surface area contributed by atoms with Crippen LogP contribution in [0, 0.1) is 0 Å². The summed E-state index contributed by atoms with van der Waals surface area (Å²) in [4.78, 5) is 30.2. The predicted octanol–water partition coefficient (Wildman–Crippen LogP) is 5.14. The summed E-state index contributed by atoms with van der Waals surface area (Å²) in [7, 11) is 4.40. The van der Waals surface area contributed by atoms with Crippen molar-refractivity contribution in [1.29, 1.82) is 0 Å². The van der Waals surface area contributed by atoms with E-state index in [0.29, 0.717) is 0 Å². The molecular weight excluding hydrogens is 577 g/mol. The van der Waals surface area contributed by atoms with Crippen LogP contribution in [0.5, 0.6) is 0 Å². The number of hydrogen-bond donors (Lipinski definition) is 0. The first-order valence-corrected chi connectivity index (χ1v) is 17.3. The van der Waals surface area contributed by atoms with Crippen molar-refractivity contribution in [2.45, 2.75) is 12.8 Å². The number of hydrogen-bond acceptors (Lipinski definition) is 9. The molecule has 2 aromatic heterocycles. The van der Waals surface area contributed by atoms with Crippen LogP contribution < -0.4 is 0 Å². The molecule has 0 aliphatic carbocycles. The molecule has 2 aliphatic rings. The molecule has 236 valence electrons. The lowest BCUT2D eigenvalue weighted by Gasteiger charge is -2.32. The van der Waals surface area contributed by atoms with Crippen LogP contribution in [0.3, 0.4) is 0 Å². The van der Waals surface area contributed by atoms with Crippen LogP contribution in [-0.2, 0) is 0 Å². The second-order valence-corrected chi connectivity index (χ2v) is 13.2. The zero-order valence-electron chi connectivity index (χ0n) is 26.8. The Morgan fingerprint density at radius 1 is 0.644 bits per heavy atom. The molecule has 8 nitrogen and oxygen atoms in total. The quantitative estimate of drug-likeness (QED) is 0.161. The van der Waals surface area contributed by atoms with E-state index in [-0.39, 0.29) is 0 Å². The topological polar surface area (TPSA) is 63.5 Å². The van der Waals surface area contributed by atoms with Crippen LogP contribution in [-0.4, -0.2) is 135 Å². The van der Waals surface area contributed by atoms with Gasteiger partial charge in [-0.25, -0.2) is 9.97 Å². The number of rotatable bonds is 12. The molecule has 45 heavy (non-hydrogen) atoms. The van der Waals surface area contributed by atoms with Gasteiger partial charge in [0.15, 0.2) is 5.82 Å². The Hall–Kier alpha value is -3.34. The molecule has 0 unspecified atom stereocenters. The van der Waals surface area contributed by atoms with Gasteiger partial charge in [-0.05, 0) is 62.6 Å². The highest BCUT2D eigenvalue weighted by Crippen LogP contribution is 2.32. The van der Waals surface area contributed by atoms with Crippen LogP contribution in [0.25, 0.3) is 32.9 Å². The number of nitrogens with zero attached hydrogens (tertiary/aromatic N) is 8. The maximum atomic E-state index is 5.06. The van der Waals surface area contributed by atoms with Gasteiger partial charge >= 0.3 is 0 Å². The van der Waals surface area contributed by atoms with Gasteiger partial charge in [-0.15, -0.1) is 11.3 Å². The molecule has 2 aromatic carbocycles. The second-order valence-electron chi connectivity index (χ2n) is 12.3. The minimum Gasteiger partial charge on any atom is -0.304 e. The molecule has 4 aromatic rings. The number of thiophene rings is 1. The van der Waals surface area contributed by atoms with Crippen molar-refractivity contribution in [3.05, 3.63) is 71.1 Å². The molecule has 0 saturated carbocycles. The van der Waals surface area contributed by atoms with E-state index in [1.165, 1.54) is 52.4 Å². The Morgan fingerprint density at radius 2 is 1.16 bits per heavy atom. The van der Waals surface area contributed by atoms with E-state index in [9.17, 15) is 0 Å². The molecule has 0 N–H and O–H groups in total. The summed E-state index contributed by atoms with van der Waals surface area (Å²) in [6.45, 7) is 13.3. The molecule has 0 atom stereocenters. The summed E-state index contributed by atoms with van der Waals surface area (Å²) in [6, 6.07) is 19.1. The van der Waals surface area contributed by atoms with Gasteiger partial charge in [-0.3, -0.25) is 9.98 Å². The Labute approximate surface area is 272 Å². The zero-order valence-corrected chi connectivity index (χ0v) is 27.6. The first-order chi connectivity index (χ1) is 22.1. The molecule has 9 heteroatoms. The van der Waals surface area contributed by atoms with E-state index in [1.807, 2.05) is 12.4 Å². The monoisotopic (exact) mass is 622 g/mol. The number of benzene rings is 2. The molecule has 2 aliphatic heterocycles. The van der Waals surface area contributed by atoms with Crippen molar-refractivity contribution in [1.82, 2.24) is 29.6 Å². The lowest BCUT2D eigenvalue weighted by atomic mass is 10.1. The normalized spacial score (nSPS) is 17.7. The molecule has 4 heterocycles. The zero-order chi connectivity index (χ0) is 30.8. The average molecular weight is 623 g/mol. The highest BCUT2D eigenvalue weighted by molar-refractivity contribution is 7.16. The van der Waals surface area contributed by atoms with Gasteiger partial charge in [-0.2, -0.15) is 0 Å². The van der Waals surface area contributed by atoms with E-state index in [4.69, 9.17) is 15.0 Å². The van der Waals surface area contributed by atoms with Gasteiger partial charge in [0.05, 0.1) is 5.69 Å². The van der Waals surface area contributed by atoms with Crippen LogP contribution in [0.4, 0.5) is 0 Å². The SMILES string of the molecule is CN1CCN(CCC/N=C\c2ccc(-c3nc(-c4ccc(/C=N/CCCN5CCN(C)CC5)cc4)nc4sccc34)cc2)CC1. The molecule has 0 spiro atoms. The summed E-state index contributed by atoms with van der Waals surface area (Å²) < 4.78 is 0. The van der Waals surface area contributed by atoms with Gasteiger partial charge in [0, 0.05) is 94.4 Å². The third-order valence-corrected chi connectivity index (χ3v) is 9.68. The van der Waals surface area contributed by atoms with Gasteiger partial charge < -0.3 is 19.6 Å². The van der Waals surface area contributed by atoms with Crippen molar-refractivity contribution in [2.75, 3.05) is 92.6 Å². The van der Waals surface area contributed by atoms with E-state index in [0.717, 1.165) is 83.0 Å². The van der Waals surface area contributed by atoms with E-state index < -0.39 is 0 Å². The smallest absolute Gasteiger partial charge is 0.161 e. The number of aromatic nitrogens is 2. The maximum Gasteiger partial charge on any atom is 0.161 e. The number of piperazine rings is 2. The van der Waals surface area contributed by atoms with Crippen molar-refractivity contribution < 1.29 is 0 Å². The van der Waals surface area contributed by atoms with Crippen LogP contribution in [0.15, 0.2) is 70.0 Å². The molecule has 2 saturated heterocycles. The Balaban J connectivity index is 1.04. The van der Waals surface area contributed by atoms with E-state index in [2.05, 4.69) is 98.7 Å². The Morgan fingerprint density at radius 3 is 1.69 bits per heavy atom. The third-order valence-electron chi connectivity index (χ3n) is 8.87. The summed E-state index contributed by atoms with van der Waals surface area (Å²) in [5, 5.41) is 3.19. The van der Waals surface area contributed by atoms with Crippen molar-refractivity contribution in [3.8, 4) is 22.6 Å². The molecular formula is C36H46N8S. The van der Waals surface area contributed by atoms with Crippen molar-refractivity contribution >= 4 is 34.0 Å². The van der Waals surface area contributed by atoms with Gasteiger partial charge in [-0.1, -0.05) is 48.5 Å². The standard InChI is InChI=1S/C36H46N8S/c1-41-18-22-43(23-19-41)16-3-14-37-27-29-5-9-31(10-6-29)34-33-13-26-45-36(33)40-35(39-34)32-11-7-30(8-12-32)28-38-15-4-17-44-24-20-42(2)21-25-44/h5-13,26-28H,3-4,14-25H2,1-2H3/b37-27-,38-28+. The van der Waals surface area contributed by atoms with Crippen LogP contribution in [0.1, 0.15) is 24.0 Å². The predicted molar refractivity (Wildman–Crippen MR) is 190 cm³/mol. The molecule has 0 bridgehead atoms. The maximum absolute atomic E-state index is 5.06. The average Bonchev–Trinajstić information content (AvgIpc) is 3.55. The minimum atomic E-state index is 0.751. The Kier molecular flexibility index (Phi) is 11.1. The number of aliphatic imine (C=N–C) groups is 2. The first kappa shape index (κ1) is 31.6. The Bertz CT molecular complexity index is 1550. The third kappa shape index (κ3) is 8.89. The van der Waals surface area contributed by atoms with Crippen LogP contribution >= 0.6 is 11.3 Å². The number of likely N-dealkylation sites (N-methyl/N-ethyl adjacent to an activating group) is 2. The largest absolute Gasteiger partial charge is 0.304 e. The molecule has 0 amide bonds. The van der Waals surface area contributed by atoms with Crippen molar-refractivity contribution in [2.24, 2.45) is 9.98 Å². The fourth-order valence-corrected chi connectivity index (χ4v) is 6.67. The highest BCUT2D eigenvalue weighted by Gasteiger charge is 2.15. The van der Waals surface area contributed by atoms with E-state index in [1.54, 1.807) is 11.3 Å². The highest BCUT2D eigenvalue weighted by atomic mass is 32.1. The lowest BCUT2D eigenvalue weighted by Crippen LogP contribution is -2.44.